The minimum absolute atomic E-state index is 0.221. The maximum absolute atomic E-state index is 10.1. The Morgan fingerprint density at radius 2 is 0.241 bits per heavy atom. The summed E-state index contributed by atoms with van der Waals surface area (Å²) in [6.45, 7) is 0. The second-order valence-electron chi connectivity index (χ2n) is 12.9. The van der Waals surface area contributed by atoms with Gasteiger partial charge in [0.1, 0.15) is 0 Å². The highest BCUT2D eigenvalue weighted by atomic mass is 16.4. The Hall–Kier alpha value is -4.24. The van der Waals surface area contributed by atoms with E-state index in [1.165, 1.54) is 0 Å². The van der Waals surface area contributed by atoms with E-state index >= 15 is 0 Å². The van der Waals surface area contributed by atoms with Gasteiger partial charge in [-0.15, -0.1) is 0 Å². The number of carboxylic acids is 8. The number of aliphatic carboxylic acids is 8. The molecule has 0 rings (SSSR count). The van der Waals surface area contributed by atoms with Crippen LogP contribution in [0.15, 0.2) is 0 Å². The van der Waals surface area contributed by atoms with Gasteiger partial charge in [0, 0.05) is 51.4 Å². The first-order chi connectivity index (χ1) is 25.5. The van der Waals surface area contributed by atoms with Crippen LogP contribution in [-0.2, 0) is 38.4 Å². The first kappa shape index (κ1) is 56.5. The molecule has 0 aromatic heterocycles. The smallest absolute Gasteiger partial charge is 0.303 e. The predicted octanol–water partition coefficient (Wildman–Crippen LogP) is 8.33. The maximum atomic E-state index is 10.1. The zero-order valence-corrected chi connectivity index (χ0v) is 32.1. The lowest BCUT2D eigenvalue weighted by Crippen LogP contribution is -1.95. The molecule has 54 heavy (non-hydrogen) atoms. The Kier molecular flexibility index (Phi) is 47.0. The molecule has 0 aliphatic rings. The van der Waals surface area contributed by atoms with Crippen molar-refractivity contribution in [3.05, 3.63) is 0 Å². The van der Waals surface area contributed by atoms with Crippen molar-refractivity contribution < 1.29 is 79.2 Å². The monoisotopic (exact) mass is 780 g/mol. The summed E-state index contributed by atoms with van der Waals surface area (Å²) in [4.78, 5) is 81.0. The molecule has 8 N–H and O–H groups in total. The summed E-state index contributed by atoms with van der Waals surface area (Å²) in [5.74, 6) is -5.99. The summed E-state index contributed by atoms with van der Waals surface area (Å²) in [5.41, 5.74) is 0. The lowest BCUT2D eigenvalue weighted by Gasteiger charge is -1.98. The van der Waals surface area contributed by atoms with Crippen LogP contribution < -0.4 is 0 Å². The summed E-state index contributed by atoms with van der Waals surface area (Å²) >= 11 is 0. The van der Waals surface area contributed by atoms with E-state index in [2.05, 4.69) is 0 Å². The molecule has 16 nitrogen and oxygen atoms in total. The Morgan fingerprint density at radius 1 is 0.167 bits per heavy atom. The second-order valence-corrected chi connectivity index (χ2v) is 12.9. The van der Waals surface area contributed by atoms with E-state index in [-0.39, 0.29) is 51.4 Å². The third-order valence-electron chi connectivity index (χ3n) is 7.63. The third kappa shape index (κ3) is 73.2. The van der Waals surface area contributed by atoms with Crippen LogP contribution in [0.5, 0.6) is 0 Å². The molecule has 0 unspecified atom stereocenters. The van der Waals surface area contributed by atoms with Gasteiger partial charge < -0.3 is 40.9 Å². The Morgan fingerprint density at radius 3 is 0.315 bits per heavy atom. The highest BCUT2D eigenvalue weighted by Gasteiger charge is 2.01. The van der Waals surface area contributed by atoms with Gasteiger partial charge in [0.25, 0.3) is 0 Å². The summed E-state index contributed by atoms with van der Waals surface area (Å²) in [6.07, 6.45) is 20.7. The lowest BCUT2D eigenvalue weighted by atomic mass is 10.1. The number of unbranched alkanes of at least 4 members (excludes halogenated alkanes) is 18. The third-order valence-corrected chi connectivity index (χ3v) is 7.63. The number of hydrogen-bond donors (Lipinski definition) is 8. The molecule has 0 aromatic rings. The van der Waals surface area contributed by atoms with Gasteiger partial charge in [-0.3, -0.25) is 38.4 Å². The van der Waals surface area contributed by atoms with Crippen LogP contribution in [0.25, 0.3) is 0 Å². The van der Waals surface area contributed by atoms with E-state index in [1.54, 1.807) is 0 Å². The summed E-state index contributed by atoms with van der Waals surface area (Å²) in [5, 5.41) is 66.6. The van der Waals surface area contributed by atoms with Crippen LogP contribution in [0, 0.1) is 0 Å². The first-order valence-corrected chi connectivity index (χ1v) is 19.3. The van der Waals surface area contributed by atoms with Crippen molar-refractivity contribution >= 4 is 47.8 Å². The van der Waals surface area contributed by atoms with Crippen molar-refractivity contribution in [1.29, 1.82) is 0 Å². The van der Waals surface area contributed by atoms with Crippen molar-refractivity contribution in [1.82, 2.24) is 0 Å². The topological polar surface area (TPSA) is 298 Å². The normalized spacial score (nSPS) is 9.93. The molecule has 316 valence electrons. The first-order valence-electron chi connectivity index (χ1n) is 19.3. The molecule has 0 fully saturated rings. The highest BCUT2D eigenvalue weighted by Crippen LogP contribution is 2.10. The van der Waals surface area contributed by atoms with Crippen LogP contribution in [0.2, 0.25) is 0 Å². The Bertz CT molecular complexity index is 842. The van der Waals surface area contributed by atoms with Crippen LogP contribution in [-0.4, -0.2) is 88.6 Å². The quantitative estimate of drug-likeness (QED) is 0.0285. The standard InChI is InChI=1S/2C10H18O4.2C9H16O4/c2*11-9(12)7-5-3-1-2-4-6-8-10(13)14;2*10-8(11)6-4-2-1-3-5-7-9(12)13/h2*1-8H2,(H,11,12)(H,13,14);2*1-7H2,(H,10,11)(H,12,13). The van der Waals surface area contributed by atoms with Gasteiger partial charge in [0.15, 0.2) is 0 Å². The number of hydrogen-bond acceptors (Lipinski definition) is 8. The molecule has 0 aromatic carbocycles. The fourth-order valence-electron chi connectivity index (χ4n) is 4.68. The number of carbonyl (C=O) groups is 8. The molecule has 0 spiro atoms. The molecule has 0 atom stereocenters. The van der Waals surface area contributed by atoms with Gasteiger partial charge in [-0.05, 0) is 51.4 Å². The maximum Gasteiger partial charge on any atom is 0.303 e. The number of carboxylic acid groups (broad SMARTS) is 8. The fourth-order valence-corrected chi connectivity index (χ4v) is 4.68. The summed E-state index contributed by atoms with van der Waals surface area (Å²) in [7, 11) is 0. The van der Waals surface area contributed by atoms with E-state index in [0.717, 1.165) is 116 Å². The Labute approximate surface area is 319 Å². The molecule has 0 aliphatic heterocycles. The minimum Gasteiger partial charge on any atom is -0.481 e. The molecule has 0 aliphatic carbocycles. The van der Waals surface area contributed by atoms with E-state index in [9.17, 15) is 38.4 Å². The lowest BCUT2D eigenvalue weighted by molar-refractivity contribution is -0.138. The minimum atomic E-state index is -0.759. The molecule has 0 heterocycles. The molecular formula is C38H68O16. The molecule has 0 bridgehead atoms. The van der Waals surface area contributed by atoms with Crippen molar-refractivity contribution in [3.63, 3.8) is 0 Å². The van der Waals surface area contributed by atoms with Gasteiger partial charge in [-0.1, -0.05) is 89.9 Å². The van der Waals surface area contributed by atoms with Crippen LogP contribution in [0.4, 0.5) is 0 Å². The van der Waals surface area contributed by atoms with E-state index in [0.29, 0.717) is 25.7 Å². The average molecular weight is 781 g/mol. The van der Waals surface area contributed by atoms with Crippen LogP contribution in [0.1, 0.15) is 193 Å². The number of rotatable bonds is 34. The van der Waals surface area contributed by atoms with Crippen molar-refractivity contribution in [3.8, 4) is 0 Å². The van der Waals surface area contributed by atoms with Crippen molar-refractivity contribution in [2.45, 2.75) is 193 Å². The Balaban J connectivity index is -0.000000309. The van der Waals surface area contributed by atoms with E-state index < -0.39 is 47.8 Å². The van der Waals surface area contributed by atoms with E-state index in [4.69, 9.17) is 40.9 Å². The van der Waals surface area contributed by atoms with E-state index in [1.807, 2.05) is 0 Å². The zero-order chi connectivity index (χ0) is 41.8. The average Bonchev–Trinajstić information content (AvgIpc) is 3.06. The molecular weight excluding hydrogens is 712 g/mol. The summed E-state index contributed by atoms with van der Waals surface area (Å²) in [6, 6.07) is 0. The van der Waals surface area contributed by atoms with Gasteiger partial charge in [0.2, 0.25) is 0 Å². The second kappa shape index (κ2) is 44.9. The molecule has 0 saturated carbocycles. The van der Waals surface area contributed by atoms with Gasteiger partial charge in [0.05, 0.1) is 0 Å². The SMILES string of the molecule is O=C(O)CCCCCCCC(=O)O.O=C(O)CCCCCCCC(=O)O.O=C(O)CCCCCCCCC(=O)O.O=C(O)CCCCCCCCC(=O)O. The molecule has 0 saturated heterocycles. The largest absolute Gasteiger partial charge is 0.481 e. The molecule has 0 amide bonds. The van der Waals surface area contributed by atoms with Crippen LogP contribution >= 0.6 is 0 Å². The van der Waals surface area contributed by atoms with Gasteiger partial charge in [-0.25, -0.2) is 0 Å². The van der Waals surface area contributed by atoms with Crippen molar-refractivity contribution in [2.24, 2.45) is 0 Å². The highest BCUT2D eigenvalue weighted by molar-refractivity contribution is 5.68. The van der Waals surface area contributed by atoms with Crippen LogP contribution in [0.3, 0.4) is 0 Å². The van der Waals surface area contributed by atoms with Gasteiger partial charge >= 0.3 is 47.8 Å². The summed E-state index contributed by atoms with van der Waals surface area (Å²) < 4.78 is 0. The predicted molar refractivity (Wildman–Crippen MR) is 200 cm³/mol. The van der Waals surface area contributed by atoms with Crippen molar-refractivity contribution in [2.75, 3.05) is 0 Å². The fraction of sp³-hybridized carbons (Fsp3) is 0.789. The zero-order valence-electron chi connectivity index (χ0n) is 32.1. The van der Waals surface area contributed by atoms with Gasteiger partial charge in [-0.2, -0.15) is 0 Å². The molecule has 16 heteroatoms. The molecule has 0 radical (unpaired) electrons.